The van der Waals surface area contributed by atoms with E-state index in [0.717, 1.165) is 4.47 Å². The van der Waals surface area contributed by atoms with Crippen molar-refractivity contribution in [2.75, 3.05) is 26.2 Å². The Morgan fingerprint density at radius 1 is 1.16 bits per heavy atom. The van der Waals surface area contributed by atoms with E-state index in [1.807, 2.05) is 6.20 Å². The van der Waals surface area contributed by atoms with Gasteiger partial charge in [0.25, 0.3) is 0 Å². The minimum atomic E-state index is -3.55. The van der Waals surface area contributed by atoms with Crippen LogP contribution in [-0.4, -0.2) is 69.3 Å². The summed E-state index contributed by atoms with van der Waals surface area (Å²) in [5.74, 6) is 0.00467. The van der Waals surface area contributed by atoms with Gasteiger partial charge in [0.2, 0.25) is 15.9 Å². The van der Waals surface area contributed by atoms with Crippen molar-refractivity contribution in [1.82, 2.24) is 28.8 Å². The first-order valence-corrected chi connectivity index (χ1v) is 10.0. The highest BCUT2D eigenvalue weighted by atomic mass is 79.9. The Bertz CT molecular complexity index is 854. The fourth-order valence-corrected chi connectivity index (χ4v) is 4.42. The van der Waals surface area contributed by atoms with Gasteiger partial charge in [0.15, 0.2) is 0 Å². The minimum absolute atomic E-state index is 0.00467. The second-order valence-electron chi connectivity index (χ2n) is 5.81. The fourth-order valence-electron chi connectivity index (χ4n) is 2.69. The first-order chi connectivity index (χ1) is 11.9. The van der Waals surface area contributed by atoms with Crippen LogP contribution >= 0.6 is 15.9 Å². The second-order valence-corrected chi connectivity index (χ2v) is 8.66. The van der Waals surface area contributed by atoms with Crippen LogP contribution < -0.4 is 0 Å². The molecule has 0 aromatic carbocycles. The van der Waals surface area contributed by atoms with Crippen LogP contribution in [0.5, 0.6) is 0 Å². The van der Waals surface area contributed by atoms with Crippen LogP contribution in [-0.2, 0) is 28.4 Å². The smallest absolute Gasteiger partial charge is 0.246 e. The lowest BCUT2D eigenvalue weighted by molar-refractivity contribution is -0.132. The number of rotatable bonds is 5. The normalized spacial score (nSPS) is 16.3. The van der Waals surface area contributed by atoms with E-state index < -0.39 is 10.0 Å². The molecule has 1 fully saturated rings. The largest absolute Gasteiger partial charge is 0.340 e. The van der Waals surface area contributed by atoms with E-state index in [-0.39, 0.29) is 23.9 Å². The van der Waals surface area contributed by atoms with Crippen molar-refractivity contribution in [3.05, 3.63) is 29.3 Å². The Morgan fingerprint density at radius 3 is 2.44 bits per heavy atom. The van der Waals surface area contributed by atoms with Crippen LogP contribution in [0.1, 0.15) is 6.42 Å². The molecule has 2 aromatic rings. The van der Waals surface area contributed by atoms with Crippen LogP contribution in [0.2, 0.25) is 0 Å². The monoisotopic (exact) mass is 430 g/mol. The van der Waals surface area contributed by atoms with Crippen LogP contribution in [0, 0.1) is 0 Å². The number of amides is 1. The molecule has 0 unspecified atom stereocenters. The molecule has 136 valence electrons. The number of hydrogen-bond acceptors (Lipinski definition) is 5. The lowest BCUT2D eigenvalue weighted by Gasteiger charge is -2.33. The first kappa shape index (κ1) is 18.1. The number of carbonyl (C=O) groups is 1. The van der Waals surface area contributed by atoms with Gasteiger partial charge >= 0.3 is 0 Å². The highest BCUT2D eigenvalue weighted by Gasteiger charge is 2.30. The Labute approximate surface area is 154 Å². The van der Waals surface area contributed by atoms with Crippen LogP contribution in [0.4, 0.5) is 0 Å². The van der Waals surface area contributed by atoms with Crippen molar-refractivity contribution in [1.29, 1.82) is 0 Å². The summed E-state index contributed by atoms with van der Waals surface area (Å²) in [6.07, 6.45) is 6.64. The molecule has 0 radical (unpaired) electrons. The van der Waals surface area contributed by atoms with Gasteiger partial charge in [-0.1, -0.05) is 0 Å². The topological polar surface area (TPSA) is 93.3 Å². The number of sulfonamides is 1. The summed E-state index contributed by atoms with van der Waals surface area (Å²) in [5.41, 5.74) is 0. The maximum Gasteiger partial charge on any atom is 0.246 e. The lowest BCUT2D eigenvalue weighted by atomic mass is 10.3. The molecule has 3 heterocycles. The van der Waals surface area contributed by atoms with Gasteiger partial charge in [0.1, 0.15) is 4.90 Å². The molecule has 9 nitrogen and oxygen atoms in total. The first-order valence-electron chi connectivity index (χ1n) is 7.81. The molecule has 1 amide bonds. The molecule has 0 N–H and O–H groups in total. The Balaban J connectivity index is 1.53. The van der Waals surface area contributed by atoms with Crippen LogP contribution in [0.15, 0.2) is 34.2 Å². The highest BCUT2D eigenvalue weighted by molar-refractivity contribution is 9.10. The lowest BCUT2D eigenvalue weighted by Crippen LogP contribution is -2.50. The van der Waals surface area contributed by atoms with Gasteiger partial charge in [-0.2, -0.15) is 14.5 Å². The van der Waals surface area contributed by atoms with Gasteiger partial charge in [-0.05, 0) is 15.9 Å². The van der Waals surface area contributed by atoms with E-state index in [1.54, 1.807) is 22.8 Å². The van der Waals surface area contributed by atoms with Crippen LogP contribution in [0.25, 0.3) is 0 Å². The summed E-state index contributed by atoms with van der Waals surface area (Å²) in [5, 5.41) is 8.03. The zero-order chi connectivity index (χ0) is 18.0. The number of piperazine rings is 1. The van der Waals surface area contributed by atoms with E-state index >= 15 is 0 Å². The van der Waals surface area contributed by atoms with Crippen molar-refractivity contribution >= 4 is 31.9 Å². The fraction of sp³-hybridized carbons (Fsp3) is 0.500. The number of aryl methyl sites for hydroxylation is 2. The average Bonchev–Trinajstić information content (AvgIpc) is 3.21. The average molecular weight is 431 g/mol. The molecule has 1 aliphatic heterocycles. The summed E-state index contributed by atoms with van der Waals surface area (Å²) < 4.78 is 30.5. The van der Waals surface area contributed by atoms with Crippen molar-refractivity contribution in [2.45, 2.75) is 17.9 Å². The molecule has 0 saturated carbocycles. The minimum Gasteiger partial charge on any atom is -0.340 e. The molecular weight excluding hydrogens is 412 g/mol. The number of nitrogens with zero attached hydrogens (tertiary/aromatic N) is 6. The van der Waals surface area contributed by atoms with E-state index in [1.165, 1.54) is 21.4 Å². The number of aromatic nitrogens is 4. The van der Waals surface area contributed by atoms with Gasteiger partial charge in [-0.25, -0.2) is 8.42 Å². The zero-order valence-electron chi connectivity index (χ0n) is 13.7. The molecule has 0 atom stereocenters. The van der Waals surface area contributed by atoms with E-state index in [2.05, 4.69) is 26.1 Å². The molecule has 2 aromatic heterocycles. The molecule has 1 aliphatic rings. The number of halogens is 1. The van der Waals surface area contributed by atoms with Crippen molar-refractivity contribution in [2.24, 2.45) is 7.05 Å². The third kappa shape index (κ3) is 4.10. The third-order valence-electron chi connectivity index (χ3n) is 4.07. The van der Waals surface area contributed by atoms with Crippen LogP contribution in [0.3, 0.4) is 0 Å². The summed E-state index contributed by atoms with van der Waals surface area (Å²) in [4.78, 5) is 14.2. The Hall–Kier alpha value is -1.72. The van der Waals surface area contributed by atoms with Crippen molar-refractivity contribution in [3.8, 4) is 0 Å². The van der Waals surface area contributed by atoms with E-state index in [9.17, 15) is 13.2 Å². The SMILES string of the molecule is Cn1cc(S(=O)(=O)N2CCN(C(=O)CCn3cc(Br)cn3)CC2)cn1. The van der Waals surface area contributed by atoms with Crippen molar-refractivity contribution < 1.29 is 13.2 Å². The maximum absolute atomic E-state index is 12.5. The molecule has 0 spiro atoms. The van der Waals surface area contributed by atoms with E-state index in [0.29, 0.717) is 26.1 Å². The predicted octanol–water partition coefficient (Wildman–Crippen LogP) is 0.302. The summed E-state index contributed by atoms with van der Waals surface area (Å²) in [6, 6.07) is 0. The van der Waals surface area contributed by atoms with Gasteiger partial charge in [-0.15, -0.1) is 0 Å². The van der Waals surface area contributed by atoms with Gasteiger partial charge in [0.05, 0.1) is 16.9 Å². The highest BCUT2D eigenvalue weighted by Crippen LogP contribution is 2.17. The maximum atomic E-state index is 12.5. The Morgan fingerprint density at radius 2 is 1.88 bits per heavy atom. The van der Waals surface area contributed by atoms with Gasteiger partial charge < -0.3 is 4.90 Å². The molecule has 25 heavy (non-hydrogen) atoms. The van der Waals surface area contributed by atoms with E-state index in [4.69, 9.17) is 0 Å². The standard InChI is InChI=1S/C14H19BrN6O3S/c1-18-11-13(9-16-18)25(23,24)21-6-4-19(5-7-21)14(22)2-3-20-10-12(15)8-17-20/h8-11H,2-7H2,1H3. The van der Waals surface area contributed by atoms with Gasteiger partial charge in [-0.3, -0.25) is 14.2 Å². The molecule has 0 bridgehead atoms. The molecule has 11 heteroatoms. The van der Waals surface area contributed by atoms with Gasteiger partial charge in [0, 0.05) is 58.6 Å². The molecular formula is C14H19BrN6O3S. The summed E-state index contributed by atoms with van der Waals surface area (Å²) in [6.45, 7) is 1.85. The summed E-state index contributed by atoms with van der Waals surface area (Å²) >= 11 is 3.31. The quantitative estimate of drug-likeness (QED) is 0.679. The summed E-state index contributed by atoms with van der Waals surface area (Å²) in [7, 11) is -1.88. The molecule has 1 saturated heterocycles. The second kappa shape index (κ2) is 7.26. The molecule has 0 aliphatic carbocycles. The zero-order valence-corrected chi connectivity index (χ0v) is 16.1. The Kier molecular flexibility index (Phi) is 5.25. The molecule has 3 rings (SSSR count). The number of carbonyl (C=O) groups excluding carboxylic acids is 1. The predicted molar refractivity (Wildman–Crippen MR) is 93.1 cm³/mol. The number of hydrogen-bond donors (Lipinski definition) is 0. The third-order valence-corrected chi connectivity index (χ3v) is 6.33. The van der Waals surface area contributed by atoms with Crippen molar-refractivity contribution in [3.63, 3.8) is 0 Å².